The van der Waals surface area contributed by atoms with Crippen LogP contribution in [0.25, 0.3) is 5.69 Å². The van der Waals surface area contributed by atoms with Crippen molar-refractivity contribution in [1.29, 1.82) is 0 Å². The number of halogens is 1. The van der Waals surface area contributed by atoms with Crippen LogP contribution in [0, 0.1) is 11.7 Å². The Morgan fingerprint density at radius 1 is 1.39 bits per heavy atom. The van der Waals surface area contributed by atoms with Crippen LogP contribution in [-0.4, -0.2) is 29.4 Å². The van der Waals surface area contributed by atoms with Gasteiger partial charge in [-0.15, -0.1) is 0 Å². The average Bonchev–Trinajstić information content (AvgIpc) is 2.87. The maximum atomic E-state index is 13.5. The van der Waals surface area contributed by atoms with E-state index in [0.29, 0.717) is 29.7 Å². The molecule has 0 aliphatic rings. The third-order valence-corrected chi connectivity index (χ3v) is 4.16. The molecule has 1 heterocycles. The van der Waals surface area contributed by atoms with Crippen LogP contribution >= 0.6 is 0 Å². The van der Waals surface area contributed by atoms with E-state index in [2.05, 4.69) is 28.7 Å². The van der Waals surface area contributed by atoms with Crippen molar-refractivity contribution < 1.29 is 12.8 Å². The minimum atomic E-state index is -3.35. The Labute approximate surface area is 135 Å². The molecule has 0 fully saturated rings. The van der Waals surface area contributed by atoms with E-state index in [0.717, 1.165) is 12.7 Å². The Hall–Kier alpha value is -1.80. The van der Waals surface area contributed by atoms with Gasteiger partial charge >= 0.3 is 0 Å². The minimum absolute atomic E-state index is 0.00283. The van der Waals surface area contributed by atoms with Crippen LogP contribution in [0.5, 0.6) is 0 Å². The lowest BCUT2D eigenvalue weighted by atomic mass is 10.1. The largest absolute Gasteiger partial charge is 0.216 e. The van der Waals surface area contributed by atoms with Gasteiger partial charge < -0.3 is 0 Å². The lowest BCUT2D eigenvalue weighted by molar-refractivity contribution is 0.542. The van der Waals surface area contributed by atoms with Gasteiger partial charge in [0.05, 0.1) is 18.5 Å². The highest BCUT2D eigenvalue weighted by molar-refractivity contribution is 7.88. The fourth-order valence-electron chi connectivity index (χ4n) is 2.06. The summed E-state index contributed by atoms with van der Waals surface area (Å²) < 4.78 is 40.0. The summed E-state index contributed by atoms with van der Waals surface area (Å²) in [6, 6.07) is 5.96. The Kier molecular flexibility index (Phi) is 5.48. The van der Waals surface area contributed by atoms with Crippen molar-refractivity contribution in [2.24, 2.45) is 5.92 Å². The maximum absolute atomic E-state index is 13.5. The first-order valence-corrected chi connectivity index (χ1v) is 9.33. The molecule has 0 amide bonds. The summed E-state index contributed by atoms with van der Waals surface area (Å²) in [5, 5.41) is 4.41. The summed E-state index contributed by atoms with van der Waals surface area (Å²) in [5.41, 5.74) is 0.512. The zero-order chi connectivity index (χ0) is 17.0. The van der Waals surface area contributed by atoms with Crippen LogP contribution in [0.15, 0.2) is 24.3 Å². The molecule has 0 spiro atoms. The summed E-state index contributed by atoms with van der Waals surface area (Å²) in [6.07, 6.45) is 2.76. The zero-order valence-electron chi connectivity index (χ0n) is 13.5. The molecule has 1 N–H and O–H groups in total. The number of rotatable bonds is 7. The number of hydrogen-bond acceptors (Lipinski definition) is 4. The molecule has 1 aromatic heterocycles. The second-order valence-corrected chi connectivity index (χ2v) is 7.48. The molecule has 2 aromatic rings. The molecule has 0 saturated heterocycles. The predicted octanol–water partition coefficient (Wildman–Crippen LogP) is 2.04. The van der Waals surface area contributed by atoms with Gasteiger partial charge in [-0.25, -0.2) is 27.2 Å². The Morgan fingerprint density at radius 3 is 2.74 bits per heavy atom. The van der Waals surface area contributed by atoms with Crippen LogP contribution < -0.4 is 4.72 Å². The molecular weight excluding hydrogens is 319 g/mol. The van der Waals surface area contributed by atoms with Crippen LogP contribution in [0.4, 0.5) is 4.39 Å². The van der Waals surface area contributed by atoms with E-state index < -0.39 is 10.0 Å². The fraction of sp³-hybridized carbons (Fsp3) is 0.467. The first-order valence-electron chi connectivity index (χ1n) is 7.44. The van der Waals surface area contributed by atoms with Gasteiger partial charge in [-0.2, -0.15) is 5.10 Å². The minimum Gasteiger partial charge on any atom is -0.216 e. The number of aromatic nitrogens is 3. The number of hydrogen-bond donors (Lipinski definition) is 1. The predicted molar refractivity (Wildman–Crippen MR) is 86.2 cm³/mol. The molecule has 0 bridgehead atoms. The van der Waals surface area contributed by atoms with Gasteiger partial charge in [-0.05, 0) is 24.1 Å². The topological polar surface area (TPSA) is 76.9 Å². The lowest BCUT2D eigenvalue weighted by Gasteiger charge is -2.06. The molecule has 0 aliphatic carbocycles. The summed E-state index contributed by atoms with van der Waals surface area (Å²) in [6.45, 7) is 4.18. The lowest BCUT2D eigenvalue weighted by Crippen LogP contribution is -2.23. The number of nitrogens with zero attached hydrogens (tertiary/aromatic N) is 3. The molecule has 1 atom stereocenters. The summed E-state index contributed by atoms with van der Waals surface area (Å²) in [5.74, 6) is 1.07. The molecule has 126 valence electrons. The number of sulfonamides is 1. The first-order chi connectivity index (χ1) is 10.8. The normalized spacial score (nSPS) is 13.2. The highest BCUT2D eigenvalue weighted by Gasteiger charge is 2.15. The van der Waals surface area contributed by atoms with Gasteiger partial charge in [0.1, 0.15) is 11.6 Å². The highest BCUT2D eigenvalue weighted by Crippen LogP contribution is 2.14. The van der Waals surface area contributed by atoms with Crippen molar-refractivity contribution >= 4 is 10.0 Å². The molecule has 1 aromatic carbocycles. The molecule has 8 heteroatoms. The Balaban J connectivity index is 2.36. The van der Waals surface area contributed by atoms with Gasteiger partial charge in [0, 0.05) is 6.42 Å². The summed E-state index contributed by atoms with van der Waals surface area (Å²) in [7, 11) is -3.35. The van der Waals surface area contributed by atoms with Gasteiger partial charge in [-0.3, -0.25) is 0 Å². The zero-order valence-corrected chi connectivity index (χ0v) is 14.3. The van der Waals surface area contributed by atoms with Gasteiger partial charge in [-0.1, -0.05) is 26.3 Å². The molecule has 0 saturated carbocycles. The quantitative estimate of drug-likeness (QED) is 0.837. The van der Waals surface area contributed by atoms with E-state index in [1.54, 1.807) is 12.1 Å². The maximum Gasteiger partial charge on any atom is 0.209 e. The van der Waals surface area contributed by atoms with Crippen molar-refractivity contribution in [2.75, 3.05) is 6.26 Å². The van der Waals surface area contributed by atoms with Crippen molar-refractivity contribution in [1.82, 2.24) is 19.5 Å². The summed E-state index contributed by atoms with van der Waals surface area (Å²) in [4.78, 5) is 4.41. The molecule has 23 heavy (non-hydrogen) atoms. The van der Waals surface area contributed by atoms with Crippen molar-refractivity contribution in [3.63, 3.8) is 0 Å². The molecule has 0 aliphatic heterocycles. The second-order valence-electron chi connectivity index (χ2n) is 5.65. The van der Waals surface area contributed by atoms with Crippen LogP contribution in [0.3, 0.4) is 0 Å². The van der Waals surface area contributed by atoms with E-state index in [4.69, 9.17) is 0 Å². The Bertz CT molecular complexity index is 774. The molecular formula is C15H21FN4O2S. The smallest absolute Gasteiger partial charge is 0.209 e. The van der Waals surface area contributed by atoms with Crippen molar-refractivity contribution in [2.45, 2.75) is 33.2 Å². The third-order valence-electron chi connectivity index (χ3n) is 3.49. The standard InChI is InChI=1S/C15H21FN4O2S/c1-4-11(2)8-14-18-15(10-17-23(3,21)22)20(19-14)13-7-5-6-12(16)9-13/h5-7,9,11,17H,4,8,10H2,1-3H3. The van der Waals surface area contributed by atoms with E-state index in [-0.39, 0.29) is 12.4 Å². The van der Waals surface area contributed by atoms with Crippen molar-refractivity contribution in [3.8, 4) is 5.69 Å². The number of benzene rings is 1. The van der Waals surface area contributed by atoms with E-state index >= 15 is 0 Å². The Morgan fingerprint density at radius 2 is 2.13 bits per heavy atom. The molecule has 0 radical (unpaired) electrons. The van der Waals surface area contributed by atoms with Crippen LogP contribution in [0.2, 0.25) is 0 Å². The highest BCUT2D eigenvalue weighted by atomic mass is 32.2. The van der Waals surface area contributed by atoms with Crippen molar-refractivity contribution in [3.05, 3.63) is 41.7 Å². The van der Waals surface area contributed by atoms with E-state index in [1.807, 2.05) is 0 Å². The van der Waals surface area contributed by atoms with Crippen LogP contribution in [0.1, 0.15) is 31.9 Å². The molecule has 2 rings (SSSR count). The second kappa shape index (κ2) is 7.18. The van der Waals surface area contributed by atoms with Crippen LogP contribution in [-0.2, 0) is 23.0 Å². The fourth-order valence-corrected chi connectivity index (χ4v) is 2.45. The van der Waals surface area contributed by atoms with Gasteiger partial charge in [0.2, 0.25) is 10.0 Å². The monoisotopic (exact) mass is 340 g/mol. The first kappa shape index (κ1) is 17.6. The molecule has 1 unspecified atom stereocenters. The SMILES string of the molecule is CCC(C)Cc1nc(CNS(C)(=O)=O)n(-c2cccc(F)c2)n1. The molecule has 6 nitrogen and oxygen atoms in total. The average molecular weight is 340 g/mol. The van der Waals surface area contributed by atoms with Gasteiger partial charge in [0.25, 0.3) is 0 Å². The van der Waals surface area contributed by atoms with E-state index in [1.165, 1.54) is 16.8 Å². The van der Waals surface area contributed by atoms with Gasteiger partial charge in [0.15, 0.2) is 5.82 Å². The van der Waals surface area contributed by atoms with E-state index in [9.17, 15) is 12.8 Å². The summed E-state index contributed by atoms with van der Waals surface area (Å²) >= 11 is 0. The third kappa shape index (κ3) is 5.11. The number of nitrogens with one attached hydrogen (secondary N) is 1.